The first-order valence-corrected chi connectivity index (χ1v) is 6.54. The Balaban J connectivity index is 2.72. The number of pyridine rings is 1. The predicted molar refractivity (Wildman–Crippen MR) is 73.1 cm³/mol. The summed E-state index contributed by atoms with van der Waals surface area (Å²) < 4.78 is 2.44. The highest BCUT2D eigenvalue weighted by Crippen LogP contribution is 2.22. The van der Waals surface area contributed by atoms with Gasteiger partial charge in [0.1, 0.15) is 5.56 Å². The van der Waals surface area contributed by atoms with Crippen molar-refractivity contribution in [3.63, 3.8) is 0 Å². The number of aryl methyl sites for hydroxylation is 2. The van der Waals surface area contributed by atoms with Crippen molar-refractivity contribution < 1.29 is 4.79 Å². The zero-order valence-electron chi connectivity index (χ0n) is 9.48. The fraction of sp³-hybridized carbons (Fsp3) is 0.273. The molecule has 17 heavy (non-hydrogen) atoms. The summed E-state index contributed by atoms with van der Waals surface area (Å²) in [6.07, 6.45) is 1.57. The van der Waals surface area contributed by atoms with E-state index in [1.54, 1.807) is 6.20 Å². The van der Waals surface area contributed by atoms with E-state index in [2.05, 4.69) is 17.9 Å². The maximum atomic E-state index is 12.1. The van der Waals surface area contributed by atoms with Gasteiger partial charge in [0.25, 0.3) is 5.91 Å². The number of nitrogens with zero attached hydrogens (tertiary/aromatic N) is 1. The fourth-order valence-corrected chi connectivity index (χ4v) is 2.99. The molecule has 1 N–H and O–H groups in total. The molecule has 0 bridgehead atoms. The molecule has 0 aromatic carbocycles. The Morgan fingerprint density at radius 3 is 2.94 bits per heavy atom. The van der Waals surface area contributed by atoms with Crippen LogP contribution in [0.4, 0.5) is 0 Å². The lowest BCUT2D eigenvalue weighted by Gasteiger charge is -2.06. The first-order valence-electron chi connectivity index (χ1n) is 5.02. The number of hydrogen-bond donors (Lipinski definition) is 2. The standard InChI is InChI=1S/C11H12N2O2S2/c1-6-4-17-10-8(6)13(2)3-7(9(10)14)11(15)12-5-16/h3-4,16H,5H2,1-2H3,(H,12,15). The average molecular weight is 268 g/mol. The molecular weight excluding hydrogens is 256 g/mol. The quantitative estimate of drug-likeness (QED) is 0.641. The lowest BCUT2D eigenvalue weighted by molar-refractivity contribution is 0.0959. The van der Waals surface area contributed by atoms with Crippen molar-refractivity contribution in [2.45, 2.75) is 6.92 Å². The Kier molecular flexibility index (Phi) is 3.26. The van der Waals surface area contributed by atoms with Gasteiger partial charge in [0.05, 0.1) is 16.1 Å². The van der Waals surface area contributed by atoms with E-state index in [1.165, 1.54) is 11.3 Å². The molecule has 2 aromatic rings. The summed E-state index contributed by atoms with van der Waals surface area (Å²) in [4.78, 5) is 23.8. The number of hydrogen-bond acceptors (Lipinski definition) is 4. The molecule has 0 fully saturated rings. The van der Waals surface area contributed by atoms with Gasteiger partial charge in [-0.15, -0.1) is 11.3 Å². The van der Waals surface area contributed by atoms with Crippen molar-refractivity contribution in [3.8, 4) is 0 Å². The maximum Gasteiger partial charge on any atom is 0.257 e. The third-order valence-electron chi connectivity index (χ3n) is 2.55. The average Bonchev–Trinajstić information content (AvgIpc) is 2.67. The minimum Gasteiger partial charge on any atom is -0.349 e. The highest BCUT2D eigenvalue weighted by Gasteiger charge is 2.15. The van der Waals surface area contributed by atoms with Crippen LogP contribution in [0.5, 0.6) is 0 Å². The molecule has 0 aliphatic carbocycles. The first kappa shape index (κ1) is 12.2. The largest absolute Gasteiger partial charge is 0.349 e. The molecule has 0 radical (unpaired) electrons. The van der Waals surface area contributed by atoms with Gasteiger partial charge in [-0.25, -0.2) is 0 Å². The molecule has 0 saturated heterocycles. The molecule has 90 valence electrons. The minimum absolute atomic E-state index is 0.163. The summed E-state index contributed by atoms with van der Waals surface area (Å²) in [6, 6.07) is 0. The molecule has 0 spiro atoms. The van der Waals surface area contributed by atoms with Crippen LogP contribution in [-0.4, -0.2) is 16.4 Å². The summed E-state index contributed by atoms with van der Waals surface area (Å²) in [7, 11) is 1.83. The second-order valence-corrected chi connectivity index (χ2v) is 4.94. The van der Waals surface area contributed by atoms with Crippen LogP contribution in [0.1, 0.15) is 15.9 Å². The molecule has 2 rings (SSSR count). The van der Waals surface area contributed by atoms with Crippen molar-refractivity contribution in [3.05, 3.63) is 32.9 Å². The van der Waals surface area contributed by atoms with E-state index in [0.29, 0.717) is 4.70 Å². The second-order valence-electron chi connectivity index (χ2n) is 3.74. The number of thiophene rings is 1. The summed E-state index contributed by atoms with van der Waals surface area (Å²) in [5.74, 6) is -0.169. The molecule has 6 heteroatoms. The van der Waals surface area contributed by atoms with Gasteiger partial charge in [-0.05, 0) is 17.9 Å². The molecule has 1 amide bonds. The predicted octanol–water partition coefficient (Wildman–Crippen LogP) is 1.53. The molecule has 2 aromatic heterocycles. The van der Waals surface area contributed by atoms with Gasteiger partial charge in [-0.2, -0.15) is 12.6 Å². The molecule has 0 aliphatic heterocycles. The lowest BCUT2D eigenvalue weighted by Crippen LogP contribution is -2.28. The topological polar surface area (TPSA) is 51.1 Å². The van der Waals surface area contributed by atoms with Crippen LogP contribution in [0.15, 0.2) is 16.4 Å². The Morgan fingerprint density at radius 1 is 1.59 bits per heavy atom. The Hall–Kier alpha value is -1.27. The SMILES string of the molecule is Cc1csc2c(=O)c(C(=O)NCS)cn(C)c12. The number of rotatable bonds is 2. The van der Waals surface area contributed by atoms with Crippen LogP contribution in [0, 0.1) is 6.92 Å². The maximum absolute atomic E-state index is 12.1. The third kappa shape index (κ3) is 1.98. The van der Waals surface area contributed by atoms with Gasteiger partial charge in [0.2, 0.25) is 5.43 Å². The van der Waals surface area contributed by atoms with E-state index in [9.17, 15) is 9.59 Å². The number of amides is 1. The molecule has 2 heterocycles. The van der Waals surface area contributed by atoms with Crippen molar-refractivity contribution in [1.29, 1.82) is 0 Å². The van der Waals surface area contributed by atoms with Gasteiger partial charge in [0.15, 0.2) is 0 Å². The van der Waals surface area contributed by atoms with Gasteiger partial charge >= 0.3 is 0 Å². The van der Waals surface area contributed by atoms with Crippen LogP contribution < -0.4 is 10.7 Å². The number of fused-ring (bicyclic) bond motifs is 1. The zero-order valence-corrected chi connectivity index (χ0v) is 11.2. The number of carbonyl (C=O) groups excluding carboxylic acids is 1. The van der Waals surface area contributed by atoms with Gasteiger partial charge in [0, 0.05) is 13.2 Å². The molecule has 0 saturated carbocycles. The second kappa shape index (κ2) is 4.54. The molecular formula is C11H12N2O2S2. The van der Waals surface area contributed by atoms with E-state index in [1.807, 2.05) is 23.9 Å². The highest BCUT2D eigenvalue weighted by molar-refractivity contribution is 7.80. The smallest absolute Gasteiger partial charge is 0.257 e. The van der Waals surface area contributed by atoms with E-state index in [-0.39, 0.29) is 22.8 Å². The summed E-state index contributed by atoms with van der Waals surface area (Å²) in [6.45, 7) is 1.95. The lowest BCUT2D eigenvalue weighted by atomic mass is 10.2. The van der Waals surface area contributed by atoms with Crippen molar-refractivity contribution in [1.82, 2.24) is 9.88 Å². The van der Waals surface area contributed by atoms with E-state index >= 15 is 0 Å². The van der Waals surface area contributed by atoms with Crippen LogP contribution in [-0.2, 0) is 7.05 Å². The van der Waals surface area contributed by atoms with Gasteiger partial charge in [-0.1, -0.05) is 0 Å². The third-order valence-corrected chi connectivity index (χ3v) is 3.80. The monoisotopic (exact) mass is 268 g/mol. The van der Waals surface area contributed by atoms with Crippen LogP contribution >= 0.6 is 24.0 Å². The Morgan fingerprint density at radius 2 is 2.29 bits per heavy atom. The number of nitrogens with one attached hydrogen (secondary N) is 1. The summed E-state index contributed by atoms with van der Waals surface area (Å²) >= 11 is 5.28. The van der Waals surface area contributed by atoms with Gasteiger partial charge < -0.3 is 9.88 Å². The van der Waals surface area contributed by atoms with Crippen molar-refractivity contribution >= 4 is 40.1 Å². The summed E-state index contributed by atoms with van der Waals surface area (Å²) in [5.41, 5.74) is 1.89. The number of carbonyl (C=O) groups is 1. The van der Waals surface area contributed by atoms with Crippen LogP contribution in [0.2, 0.25) is 0 Å². The van der Waals surface area contributed by atoms with Crippen molar-refractivity contribution in [2.75, 3.05) is 5.88 Å². The Labute approximate surface area is 108 Å². The molecule has 4 nitrogen and oxygen atoms in total. The van der Waals surface area contributed by atoms with E-state index < -0.39 is 0 Å². The molecule has 0 atom stereocenters. The fourth-order valence-electron chi connectivity index (χ4n) is 1.81. The number of thiol groups is 1. The molecule has 0 aliphatic rings. The number of aromatic nitrogens is 1. The van der Waals surface area contributed by atoms with Crippen molar-refractivity contribution in [2.24, 2.45) is 7.05 Å². The normalized spacial score (nSPS) is 10.8. The highest BCUT2D eigenvalue weighted by atomic mass is 32.1. The van der Waals surface area contributed by atoms with E-state index in [4.69, 9.17) is 0 Å². The first-order chi connectivity index (χ1) is 8.06. The summed E-state index contributed by atoms with van der Waals surface area (Å²) in [5, 5.41) is 4.44. The van der Waals surface area contributed by atoms with Crippen LogP contribution in [0.3, 0.4) is 0 Å². The molecule has 0 unspecified atom stereocenters. The Bertz CT molecular complexity index is 643. The van der Waals surface area contributed by atoms with E-state index in [0.717, 1.165) is 11.1 Å². The van der Waals surface area contributed by atoms with Crippen LogP contribution in [0.25, 0.3) is 10.2 Å². The minimum atomic E-state index is -0.381. The van der Waals surface area contributed by atoms with Gasteiger partial charge in [-0.3, -0.25) is 9.59 Å². The zero-order chi connectivity index (χ0) is 12.6.